The van der Waals surface area contributed by atoms with Crippen LogP contribution in [0.15, 0.2) is 174 Å². The van der Waals surface area contributed by atoms with E-state index in [2.05, 4.69) is 97.1 Å². The van der Waals surface area contributed by atoms with Crippen molar-refractivity contribution in [1.82, 2.24) is 0 Å². The molecule has 0 radical (unpaired) electrons. The molecule has 9 rings (SSSR count). The second-order valence-corrected chi connectivity index (χ2v) is 11.3. The molecule has 0 N–H and O–H groups in total. The van der Waals surface area contributed by atoms with Crippen molar-refractivity contribution in [3.63, 3.8) is 0 Å². The summed E-state index contributed by atoms with van der Waals surface area (Å²) >= 11 is 0. The summed E-state index contributed by atoms with van der Waals surface area (Å²) in [6.07, 6.45) is 0. The molecular weight excluding hydrogens is 544 g/mol. The van der Waals surface area contributed by atoms with Gasteiger partial charge in [0.15, 0.2) is 0 Å². The van der Waals surface area contributed by atoms with E-state index in [1.54, 1.807) is 0 Å². The van der Waals surface area contributed by atoms with Gasteiger partial charge in [-0.15, -0.1) is 0 Å². The Bertz CT molecular complexity index is 2730. The highest BCUT2D eigenvalue weighted by Crippen LogP contribution is 2.44. The van der Waals surface area contributed by atoms with Gasteiger partial charge >= 0.3 is 0 Å². The zero-order valence-corrected chi connectivity index (χ0v) is 24.2. The molecule has 0 bridgehead atoms. The van der Waals surface area contributed by atoms with Gasteiger partial charge in [-0.3, -0.25) is 0 Å². The minimum atomic E-state index is -0.392. The van der Waals surface area contributed by atoms with Gasteiger partial charge in [-0.25, -0.2) is 0 Å². The first kappa shape index (κ1) is 20.9. The molecule has 45 heavy (non-hydrogen) atoms. The van der Waals surface area contributed by atoms with Gasteiger partial charge in [0, 0.05) is 10.8 Å². The Morgan fingerprint density at radius 3 is 1.53 bits per heavy atom. The number of rotatable bonds is 4. The second kappa shape index (κ2) is 10.4. The Labute approximate surface area is 268 Å². The van der Waals surface area contributed by atoms with Crippen LogP contribution >= 0.6 is 0 Å². The lowest BCUT2D eigenvalue weighted by Crippen LogP contribution is -1.91. The topological polar surface area (TPSA) is 13.1 Å². The van der Waals surface area contributed by atoms with Gasteiger partial charge < -0.3 is 4.42 Å². The molecule has 1 aromatic heterocycles. The summed E-state index contributed by atoms with van der Waals surface area (Å²) in [6, 6.07) is 46.4. The molecule has 210 valence electrons. The molecule has 1 heterocycles. The summed E-state index contributed by atoms with van der Waals surface area (Å²) < 4.78 is 47.3. The molecule has 0 amide bonds. The maximum Gasteiger partial charge on any atom is 0.135 e. The first-order valence-electron chi connectivity index (χ1n) is 17.5. The average molecular weight is 578 g/mol. The Hall–Kier alpha value is -5.92. The number of furan rings is 1. The Balaban J connectivity index is 1.21. The van der Waals surface area contributed by atoms with E-state index in [-0.39, 0.29) is 29.7 Å². The van der Waals surface area contributed by atoms with Crippen LogP contribution in [0.25, 0.3) is 88.0 Å². The SMILES string of the molecule is [2H]c1c([2H])c([2H])c(-c2ccc(-c3c4ccccc4c(-c4cccc(-c5ccc6oc7ccccc7c6c5)c4)c4ccccc34)cc2)c([2H])c1[2H]. The van der Waals surface area contributed by atoms with Crippen molar-refractivity contribution in [2.24, 2.45) is 0 Å². The van der Waals surface area contributed by atoms with Gasteiger partial charge in [0.25, 0.3) is 0 Å². The van der Waals surface area contributed by atoms with E-state index in [0.29, 0.717) is 5.56 Å². The number of benzene rings is 8. The van der Waals surface area contributed by atoms with Crippen LogP contribution in [0, 0.1) is 0 Å². The third-order valence-corrected chi connectivity index (χ3v) is 8.76. The Morgan fingerprint density at radius 1 is 0.333 bits per heavy atom. The minimum Gasteiger partial charge on any atom is -0.456 e. The molecule has 0 saturated carbocycles. The van der Waals surface area contributed by atoms with Crippen molar-refractivity contribution in [2.45, 2.75) is 0 Å². The van der Waals surface area contributed by atoms with E-state index >= 15 is 0 Å². The van der Waals surface area contributed by atoms with Crippen LogP contribution in [0.4, 0.5) is 0 Å². The largest absolute Gasteiger partial charge is 0.456 e. The van der Waals surface area contributed by atoms with Crippen molar-refractivity contribution in [3.8, 4) is 44.5 Å². The van der Waals surface area contributed by atoms with Crippen LogP contribution in [0.1, 0.15) is 6.85 Å². The zero-order chi connectivity index (χ0) is 34.1. The van der Waals surface area contributed by atoms with Crippen LogP contribution in [-0.4, -0.2) is 0 Å². The van der Waals surface area contributed by atoms with E-state index in [1.807, 2.05) is 42.5 Å². The van der Waals surface area contributed by atoms with E-state index < -0.39 is 6.04 Å². The van der Waals surface area contributed by atoms with Gasteiger partial charge in [-0.1, -0.05) is 145 Å². The third kappa shape index (κ3) is 4.24. The Morgan fingerprint density at radius 2 is 0.844 bits per heavy atom. The van der Waals surface area contributed by atoms with Gasteiger partial charge in [-0.05, 0) is 90.3 Å². The normalized spacial score (nSPS) is 13.1. The molecule has 9 aromatic rings. The fraction of sp³-hybridized carbons (Fsp3) is 0. The molecule has 0 aliphatic carbocycles. The van der Waals surface area contributed by atoms with Crippen molar-refractivity contribution in [1.29, 1.82) is 0 Å². The van der Waals surface area contributed by atoms with E-state index in [4.69, 9.17) is 11.3 Å². The van der Waals surface area contributed by atoms with Crippen LogP contribution in [0.3, 0.4) is 0 Å². The Kier molecular flexibility index (Phi) is 4.81. The summed E-state index contributed by atoms with van der Waals surface area (Å²) in [7, 11) is 0. The monoisotopic (exact) mass is 577 g/mol. The summed E-state index contributed by atoms with van der Waals surface area (Å²) in [5.41, 5.74) is 9.13. The smallest absolute Gasteiger partial charge is 0.135 e. The summed E-state index contributed by atoms with van der Waals surface area (Å²) in [5.74, 6) is 0. The minimum absolute atomic E-state index is 0.201. The van der Waals surface area contributed by atoms with Crippen molar-refractivity contribution in [2.75, 3.05) is 0 Å². The fourth-order valence-corrected chi connectivity index (χ4v) is 6.71. The van der Waals surface area contributed by atoms with Gasteiger partial charge in [-0.2, -0.15) is 0 Å². The van der Waals surface area contributed by atoms with Crippen LogP contribution in [-0.2, 0) is 0 Å². The highest BCUT2D eigenvalue weighted by Gasteiger charge is 2.17. The van der Waals surface area contributed by atoms with Crippen LogP contribution in [0.2, 0.25) is 0 Å². The predicted octanol–water partition coefficient (Wildman–Crippen LogP) is 12.6. The van der Waals surface area contributed by atoms with Crippen LogP contribution < -0.4 is 0 Å². The van der Waals surface area contributed by atoms with Gasteiger partial charge in [0.2, 0.25) is 0 Å². The van der Waals surface area contributed by atoms with Gasteiger partial charge in [0.05, 0.1) is 6.85 Å². The molecule has 8 aromatic carbocycles. The predicted molar refractivity (Wildman–Crippen MR) is 190 cm³/mol. The highest BCUT2D eigenvalue weighted by atomic mass is 16.3. The van der Waals surface area contributed by atoms with Crippen molar-refractivity contribution >= 4 is 43.5 Å². The highest BCUT2D eigenvalue weighted by molar-refractivity contribution is 6.21. The maximum atomic E-state index is 8.47. The molecule has 1 nitrogen and oxygen atoms in total. The lowest BCUT2D eigenvalue weighted by molar-refractivity contribution is 0.669. The number of fused-ring (bicyclic) bond motifs is 5. The lowest BCUT2D eigenvalue weighted by atomic mass is 9.85. The molecule has 0 aliphatic heterocycles. The van der Waals surface area contributed by atoms with E-state index in [9.17, 15) is 0 Å². The van der Waals surface area contributed by atoms with Crippen molar-refractivity contribution < 1.29 is 11.3 Å². The molecule has 0 aliphatic rings. The van der Waals surface area contributed by atoms with E-state index in [1.165, 1.54) is 0 Å². The fourth-order valence-electron chi connectivity index (χ4n) is 6.71. The standard InChI is InChI=1S/C44H28O/c1-2-11-29(12-3-1)30-21-23-31(24-22-30)43-36-16-4-6-18-38(36)44(39-19-7-5-17-37(39)43)34-14-10-13-32(27-34)33-25-26-42-40(28-33)35-15-8-9-20-41(35)45-42/h1-28H/i1D,2D,3D,11D,12D. The van der Waals surface area contributed by atoms with Crippen molar-refractivity contribution in [3.05, 3.63) is 170 Å². The second-order valence-electron chi connectivity index (χ2n) is 11.3. The number of para-hydroxylation sites is 1. The number of hydrogen-bond donors (Lipinski definition) is 0. The zero-order valence-electron chi connectivity index (χ0n) is 29.2. The first-order valence-corrected chi connectivity index (χ1v) is 15.0. The summed E-state index contributed by atoms with van der Waals surface area (Å²) in [4.78, 5) is 0. The summed E-state index contributed by atoms with van der Waals surface area (Å²) in [6.45, 7) is 0. The number of hydrogen-bond acceptors (Lipinski definition) is 1. The molecule has 0 spiro atoms. The summed E-state index contributed by atoms with van der Waals surface area (Å²) in [5, 5.41) is 6.67. The van der Waals surface area contributed by atoms with Crippen LogP contribution in [0.5, 0.6) is 0 Å². The molecule has 0 fully saturated rings. The lowest BCUT2D eigenvalue weighted by Gasteiger charge is -2.18. The first-order chi connectivity index (χ1) is 24.4. The maximum absolute atomic E-state index is 8.47. The van der Waals surface area contributed by atoms with Gasteiger partial charge in [0.1, 0.15) is 11.2 Å². The molecule has 0 unspecified atom stereocenters. The quantitative estimate of drug-likeness (QED) is 0.190. The average Bonchev–Trinajstić information content (AvgIpc) is 3.54. The molecular formula is C44H28O. The molecule has 0 saturated heterocycles. The van der Waals surface area contributed by atoms with E-state index in [0.717, 1.165) is 76.9 Å². The third-order valence-electron chi connectivity index (χ3n) is 8.76. The molecule has 1 heteroatoms. The molecule has 0 atom stereocenters.